The van der Waals surface area contributed by atoms with Crippen LogP contribution in [0.1, 0.15) is 11.1 Å². The lowest BCUT2D eigenvalue weighted by atomic mass is 10.2. The molecule has 3 N–H and O–H groups in total. The Balaban J connectivity index is 1.89. The zero-order valence-electron chi connectivity index (χ0n) is 12.2. The number of hydrazone groups is 1. The SMILES string of the molecule is N#Cc1cc(Br)ccc1OCC(=O)N/N=C\c1ccc(O)c(O)c1. The van der Waals surface area contributed by atoms with Crippen LogP contribution in [0.25, 0.3) is 0 Å². The molecule has 2 rings (SSSR count). The van der Waals surface area contributed by atoms with Gasteiger partial charge in [0.1, 0.15) is 11.8 Å². The number of amides is 1. The number of phenolic OH excluding ortho intramolecular Hbond substituents is 2. The molecule has 0 atom stereocenters. The van der Waals surface area contributed by atoms with Crippen LogP contribution in [-0.2, 0) is 4.79 Å². The lowest BCUT2D eigenvalue weighted by Crippen LogP contribution is -2.24. The van der Waals surface area contributed by atoms with Crippen LogP contribution in [0.4, 0.5) is 0 Å². The van der Waals surface area contributed by atoms with E-state index in [1.165, 1.54) is 24.4 Å². The molecule has 0 heterocycles. The number of aromatic hydroxyl groups is 2. The normalized spacial score (nSPS) is 10.3. The Labute approximate surface area is 145 Å². The molecule has 1 amide bonds. The second-order valence-corrected chi connectivity index (χ2v) is 5.50. The first kappa shape index (κ1) is 17.3. The number of carbonyl (C=O) groups excluding carboxylic acids is 1. The Bertz CT molecular complexity index is 831. The van der Waals surface area contributed by atoms with Gasteiger partial charge in [-0.1, -0.05) is 15.9 Å². The molecule has 122 valence electrons. The number of hydrogen-bond acceptors (Lipinski definition) is 6. The molecule has 8 heteroatoms. The molecule has 0 spiro atoms. The van der Waals surface area contributed by atoms with E-state index in [4.69, 9.17) is 10.00 Å². The van der Waals surface area contributed by atoms with E-state index >= 15 is 0 Å². The molecule has 0 saturated carbocycles. The molecule has 0 aromatic heterocycles. The Morgan fingerprint density at radius 2 is 2.08 bits per heavy atom. The van der Waals surface area contributed by atoms with Gasteiger partial charge in [0.05, 0.1) is 11.8 Å². The van der Waals surface area contributed by atoms with Gasteiger partial charge in [0.15, 0.2) is 18.1 Å². The molecular formula is C16H12BrN3O4. The second-order valence-electron chi connectivity index (χ2n) is 4.58. The zero-order valence-corrected chi connectivity index (χ0v) is 13.8. The van der Waals surface area contributed by atoms with Crippen LogP contribution >= 0.6 is 15.9 Å². The molecule has 0 aliphatic carbocycles. The van der Waals surface area contributed by atoms with Crippen LogP contribution < -0.4 is 10.2 Å². The van der Waals surface area contributed by atoms with Gasteiger partial charge in [0, 0.05) is 4.47 Å². The first-order valence-corrected chi connectivity index (χ1v) is 7.45. The van der Waals surface area contributed by atoms with E-state index in [1.54, 1.807) is 18.2 Å². The molecule has 0 aliphatic rings. The van der Waals surface area contributed by atoms with Gasteiger partial charge in [0.2, 0.25) is 0 Å². The summed E-state index contributed by atoms with van der Waals surface area (Å²) in [6.45, 7) is -0.311. The van der Waals surface area contributed by atoms with Crippen molar-refractivity contribution in [2.24, 2.45) is 5.10 Å². The third-order valence-electron chi connectivity index (χ3n) is 2.82. The number of benzene rings is 2. The number of nitrogens with one attached hydrogen (secondary N) is 1. The Kier molecular flexibility index (Phi) is 5.76. The molecule has 24 heavy (non-hydrogen) atoms. The molecule has 0 unspecified atom stereocenters. The summed E-state index contributed by atoms with van der Waals surface area (Å²) >= 11 is 3.24. The zero-order chi connectivity index (χ0) is 17.5. The minimum absolute atomic E-state index is 0.243. The minimum atomic E-state index is -0.513. The maximum atomic E-state index is 11.7. The summed E-state index contributed by atoms with van der Waals surface area (Å²) in [5.41, 5.74) is 3.05. The topological polar surface area (TPSA) is 115 Å². The van der Waals surface area contributed by atoms with Crippen molar-refractivity contribution in [3.05, 3.63) is 52.0 Å². The van der Waals surface area contributed by atoms with Crippen LogP contribution in [0.15, 0.2) is 46.0 Å². The van der Waals surface area contributed by atoms with Crippen molar-refractivity contribution >= 4 is 28.1 Å². The molecule has 2 aromatic carbocycles. The van der Waals surface area contributed by atoms with E-state index in [1.807, 2.05) is 6.07 Å². The number of ether oxygens (including phenoxy) is 1. The number of phenols is 2. The standard InChI is InChI=1S/C16H12BrN3O4/c17-12-2-4-15(11(6-12)7-18)24-9-16(23)20-19-8-10-1-3-13(21)14(22)5-10/h1-6,8,21-22H,9H2,(H,20,23)/b19-8-. The number of rotatable bonds is 5. The molecule has 7 nitrogen and oxygen atoms in total. The minimum Gasteiger partial charge on any atom is -0.504 e. The maximum Gasteiger partial charge on any atom is 0.277 e. The highest BCUT2D eigenvalue weighted by molar-refractivity contribution is 9.10. The van der Waals surface area contributed by atoms with Gasteiger partial charge in [0.25, 0.3) is 5.91 Å². The van der Waals surface area contributed by atoms with Crippen molar-refractivity contribution in [3.63, 3.8) is 0 Å². The Morgan fingerprint density at radius 3 is 2.79 bits per heavy atom. The summed E-state index contributed by atoms with van der Waals surface area (Å²) < 4.78 is 6.01. The fourth-order valence-electron chi connectivity index (χ4n) is 1.69. The predicted octanol–water partition coefficient (Wildman–Crippen LogP) is 2.26. The van der Waals surface area contributed by atoms with Gasteiger partial charge < -0.3 is 14.9 Å². The number of nitriles is 1. The molecule has 0 aliphatic heterocycles. The number of halogens is 1. The van der Waals surface area contributed by atoms with Crippen molar-refractivity contribution in [1.29, 1.82) is 5.26 Å². The quantitative estimate of drug-likeness (QED) is 0.412. The molecular weight excluding hydrogens is 378 g/mol. The summed E-state index contributed by atoms with van der Waals surface area (Å²) in [4.78, 5) is 11.7. The molecule has 0 saturated heterocycles. The molecule has 0 fully saturated rings. The van der Waals surface area contributed by atoms with Crippen LogP contribution in [0.3, 0.4) is 0 Å². The monoisotopic (exact) mass is 389 g/mol. The van der Waals surface area contributed by atoms with Gasteiger partial charge in [-0.25, -0.2) is 5.43 Å². The first-order valence-electron chi connectivity index (χ1n) is 6.66. The van der Waals surface area contributed by atoms with E-state index < -0.39 is 5.91 Å². The predicted molar refractivity (Wildman–Crippen MR) is 89.9 cm³/mol. The smallest absolute Gasteiger partial charge is 0.277 e. The largest absolute Gasteiger partial charge is 0.504 e. The van der Waals surface area contributed by atoms with E-state index in [9.17, 15) is 15.0 Å². The number of carbonyl (C=O) groups is 1. The summed E-state index contributed by atoms with van der Waals surface area (Å²) in [7, 11) is 0. The number of hydrogen-bond donors (Lipinski definition) is 3. The van der Waals surface area contributed by atoms with Gasteiger partial charge in [-0.15, -0.1) is 0 Å². The van der Waals surface area contributed by atoms with Gasteiger partial charge in [-0.05, 0) is 42.0 Å². The number of nitrogens with zero attached hydrogens (tertiary/aromatic N) is 2. The average molecular weight is 390 g/mol. The van der Waals surface area contributed by atoms with E-state index in [-0.39, 0.29) is 18.1 Å². The highest BCUT2D eigenvalue weighted by Crippen LogP contribution is 2.24. The summed E-state index contributed by atoms with van der Waals surface area (Å²) in [5.74, 6) is -0.746. The van der Waals surface area contributed by atoms with Crippen LogP contribution in [-0.4, -0.2) is 28.9 Å². The summed E-state index contributed by atoms with van der Waals surface area (Å²) in [5, 5.41) is 31.2. The van der Waals surface area contributed by atoms with E-state index in [2.05, 4.69) is 26.5 Å². The van der Waals surface area contributed by atoms with Crippen molar-refractivity contribution in [2.75, 3.05) is 6.61 Å². The Hall–Kier alpha value is -3.05. The molecule has 0 bridgehead atoms. The fraction of sp³-hybridized carbons (Fsp3) is 0.0625. The lowest BCUT2D eigenvalue weighted by Gasteiger charge is -2.07. The van der Waals surface area contributed by atoms with Crippen molar-refractivity contribution < 1.29 is 19.7 Å². The van der Waals surface area contributed by atoms with E-state index in [0.717, 1.165) is 4.47 Å². The Morgan fingerprint density at radius 1 is 1.29 bits per heavy atom. The third-order valence-corrected chi connectivity index (χ3v) is 3.32. The highest BCUT2D eigenvalue weighted by Gasteiger charge is 2.07. The molecule has 0 radical (unpaired) electrons. The third kappa shape index (κ3) is 4.72. The van der Waals surface area contributed by atoms with Crippen LogP contribution in [0, 0.1) is 11.3 Å². The van der Waals surface area contributed by atoms with Crippen molar-refractivity contribution in [1.82, 2.24) is 5.43 Å². The fourth-order valence-corrected chi connectivity index (χ4v) is 2.05. The van der Waals surface area contributed by atoms with Crippen molar-refractivity contribution in [3.8, 4) is 23.3 Å². The van der Waals surface area contributed by atoms with Crippen LogP contribution in [0.2, 0.25) is 0 Å². The maximum absolute atomic E-state index is 11.7. The summed E-state index contributed by atoms with van der Waals surface area (Å²) in [6.07, 6.45) is 1.30. The van der Waals surface area contributed by atoms with Crippen LogP contribution in [0.5, 0.6) is 17.2 Å². The van der Waals surface area contributed by atoms with Gasteiger partial charge in [-0.3, -0.25) is 4.79 Å². The average Bonchev–Trinajstić information content (AvgIpc) is 2.56. The van der Waals surface area contributed by atoms with Crippen molar-refractivity contribution in [2.45, 2.75) is 0 Å². The highest BCUT2D eigenvalue weighted by atomic mass is 79.9. The first-order chi connectivity index (χ1) is 11.5. The second kappa shape index (κ2) is 7.99. The van der Waals surface area contributed by atoms with Gasteiger partial charge >= 0.3 is 0 Å². The van der Waals surface area contributed by atoms with Gasteiger partial charge in [-0.2, -0.15) is 10.4 Å². The summed E-state index contributed by atoms with van der Waals surface area (Å²) in [6, 6.07) is 11.0. The van der Waals surface area contributed by atoms with E-state index in [0.29, 0.717) is 16.9 Å². The lowest BCUT2D eigenvalue weighted by molar-refractivity contribution is -0.123. The molecule has 2 aromatic rings.